The smallest absolute Gasteiger partial charge is 0.304 e. The van der Waals surface area contributed by atoms with E-state index in [2.05, 4.69) is 5.73 Å². The van der Waals surface area contributed by atoms with Crippen molar-refractivity contribution in [1.82, 2.24) is 0 Å². The highest BCUT2D eigenvalue weighted by Crippen LogP contribution is 1.95. The Morgan fingerprint density at radius 2 is 1.36 bits per heavy atom. The number of aliphatic carboxylic acids is 1. The topological polar surface area (TPSA) is 86.2 Å². The first-order valence-corrected chi connectivity index (χ1v) is 4.57. The second kappa shape index (κ2) is 8.93. The molecular weight excluding hydrogens is 186 g/mol. The van der Waals surface area contributed by atoms with E-state index in [4.69, 9.17) is 19.4 Å². The summed E-state index contributed by atoms with van der Waals surface area (Å²) in [7, 11) is 0. The van der Waals surface area contributed by atoms with Crippen molar-refractivity contribution < 1.29 is 25.1 Å². The molecule has 0 aromatic heterocycles. The predicted molar refractivity (Wildman–Crippen MR) is 49.8 cm³/mol. The SMILES string of the molecule is CC(=O)[O-].CC(C)OC([NH3+])OC(C)C. The molecule has 14 heavy (non-hydrogen) atoms. The maximum atomic E-state index is 8.89. The van der Waals surface area contributed by atoms with Gasteiger partial charge in [0.1, 0.15) is 0 Å². The van der Waals surface area contributed by atoms with Crippen molar-refractivity contribution in [3.05, 3.63) is 0 Å². The summed E-state index contributed by atoms with van der Waals surface area (Å²) >= 11 is 0. The summed E-state index contributed by atoms with van der Waals surface area (Å²) in [5, 5.41) is 8.89. The van der Waals surface area contributed by atoms with Gasteiger partial charge >= 0.3 is 6.41 Å². The van der Waals surface area contributed by atoms with Crippen molar-refractivity contribution in [2.45, 2.75) is 53.2 Å². The molecule has 0 atom stereocenters. The third-order valence-corrected chi connectivity index (χ3v) is 0.848. The van der Waals surface area contributed by atoms with Crippen LogP contribution in [0.2, 0.25) is 0 Å². The van der Waals surface area contributed by atoms with Gasteiger partial charge in [0.05, 0.1) is 12.2 Å². The first-order chi connectivity index (χ1) is 6.25. The monoisotopic (exact) mass is 207 g/mol. The van der Waals surface area contributed by atoms with E-state index in [1.165, 1.54) is 0 Å². The summed E-state index contributed by atoms with van der Waals surface area (Å²) in [6.45, 7) is 8.81. The molecule has 5 heteroatoms. The average Bonchev–Trinajstić information content (AvgIpc) is 1.79. The van der Waals surface area contributed by atoms with E-state index in [1.807, 2.05) is 27.7 Å². The molecule has 0 saturated carbocycles. The van der Waals surface area contributed by atoms with Gasteiger partial charge in [-0.2, -0.15) is 0 Å². The zero-order valence-electron chi connectivity index (χ0n) is 9.57. The van der Waals surface area contributed by atoms with Crippen LogP contribution in [0.4, 0.5) is 0 Å². The second-order valence-electron chi connectivity index (χ2n) is 3.29. The lowest BCUT2D eigenvalue weighted by atomic mass is 10.5. The zero-order valence-corrected chi connectivity index (χ0v) is 9.57. The predicted octanol–water partition coefficient (Wildman–Crippen LogP) is -0.882. The summed E-state index contributed by atoms with van der Waals surface area (Å²) in [5.41, 5.74) is 3.67. The van der Waals surface area contributed by atoms with Gasteiger partial charge in [-0.15, -0.1) is 0 Å². The molecule has 0 radical (unpaired) electrons. The van der Waals surface area contributed by atoms with E-state index in [0.29, 0.717) is 0 Å². The number of quaternary nitrogens is 1. The van der Waals surface area contributed by atoms with Crippen molar-refractivity contribution in [3.63, 3.8) is 0 Å². The Bertz CT molecular complexity index is 134. The Kier molecular flexibility index (Phi) is 10.1. The van der Waals surface area contributed by atoms with Crippen molar-refractivity contribution >= 4 is 5.97 Å². The highest BCUT2D eigenvalue weighted by atomic mass is 16.7. The molecule has 0 aromatic carbocycles. The molecule has 0 spiro atoms. The van der Waals surface area contributed by atoms with Crippen LogP contribution in [0.1, 0.15) is 34.6 Å². The fourth-order valence-corrected chi connectivity index (χ4v) is 0.639. The van der Waals surface area contributed by atoms with Gasteiger partial charge in [0.15, 0.2) is 0 Å². The number of carboxylic acids is 1. The zero-order chi connectivity index (χ0) is 11.7. The van der Waals surface area contributed by atoms with Gasteiger partial charge in [-0.05, 0) is 34.6 Å². The second-order valence-corrected chi connectivity index (χ2v) is 3.29. The number of carboxylic acid groups (broad SMARTS) is 1. The third-order valence-electron chi connectivity index (χ3n) is 0.848. The molecule has 0 aliphatic rings. The van der Waals surface area contributed by atoms with Crippen LogP contribution in [0.5, 0.6) is 0 Å². The lowest BCUT2D eigenvalue weighted by Gasteiger charge is -2.15. The average molecular weight is 207 g/mol. The van der Waals surface area contributed by atoms with Crippen molar-refractivity contribution in [2.75, 3.05) is 0 Å². The van der Waals surface area contributed by atoms with Crippen molar-refractivity contribution in [3.8, 4) is 0 Å². The van der Waals surface area contributed by atoms with Crippen molar-refractivity contribution in [2.24, 2.45) is 0 Å². The van der Waals surface area contributed by atoms with Crippen LogP contribution in [0.25, 0.3) is 0 Å². The molecule has 0 amide bonds. The number of carbonyl (C=O) groups excluding carboxylic acids is 1. The number of rotatable bonds is 4. The van der Waals surface area contributed by atoms with Crippen LogP contribution >= 0.6 is 0 Å². The molecule has 0 rings (SSSR count). The van der Waals surface area contributed by atoms with Gasteiger partial charge in [-0.25, -0.2) is 0 Å². The van der Waals surface area contributed by atoms with Gasteiger partial charge in [-0.1, -0.05) is 0 Å². The molecule has 0 unspecified atom stereocenters. The lowest BCUT2D eigenvalue weighted by Crippen LogP contribution is -2.64. The molecule has 0 bridgehead atoms. The fourth-order valence-electron chi connectivity index (χ4n) is 0.639. The Labute approximate surface area is 85.2 Å². The van der Waals surface area contributed by atoms with Gasteiger partial charge in [0.25, 0.3) is 0 Å². The number of carbonyl (C=O) groups is 1. The van der Waals surface area contributed by atoms with E-state index >= 15 is 0 Å². The molecule has 5 nitrogen and oxygen atoms in total. The van der Waals surface area contributed by atoms with Gasteiger partial charge in [-0.3, -0.25) is 0 Å². The maximum Gasteiger partial charge on any atom is 0.304 e. The summed E-state index contributed by atoms with van der Waals surface area (Å²) in [6, 6.07) is 0. The van der Waals surface area contributed by atoms with Crippen molar-refractivity contribution in [1.29, 1.82) is 0 Å². The van der Waals surface area contributed by atoms with Crippen LogP contribution in [0, 0.1) is 0 Å². The van der Waals surface area contributed by atoms with Gasteiger partial charge in [0, 0.05) is 5.97 Å². The van der Waals surface area contributed by atoms with Gasteiger partial charge in [0.2, 0.25) is 0 Å². The Balaban J connectivity index is 0. The Morgan fingerprint density at radius 1 is 1.14 bits per heavy atom. The highest BCUT2D eigenvalue weighted by molar-refractivity contribution is 5.60. The minimum absolute atomic E-state index is 0.182. The van der Waals surface area contributed by atoms with E-state index in [-0.39, 0.29) is 18.6 Å². The maximum absolute atomic E-state index is 8.89. The molecule has 0 aromatic rings. The molecule has 0 heterocycles. The van der Waals surface area contributed by atoms with Gasteiger partial charge < -0.3 is 25.1 Å². The molecule has 0 aliphatic heterocycles. The molecular formula is C9H21NO4. The summed E-state index contributed by atoms with van der Waals surface area (Å²) in [4.78, 5) is 8.89. The van der Waals surface area contributed by atoms with Crippen LogP contribution in [-0.2, 0) is 14.3 Å². The van der Waals surface area contributed by atoms with E-state index in [9.17, 15) is 0 Å². The fraction of sp³-hybridized carbons (Fsp3) is 0.889. The molecule has 0 aliphatic carbocycles. The molecule has 0 saturated heterocycles. The van der Waals surface area contributed by atoms with Crippen LogP contribution in [0.15, 0.2) is 0 Å². The molecule has 3 N–H and O–H groups in total. The standard InChI is InChI=1S/C7H17NO2.C2H4O2/c1-5(2)9-7(8)10-6(3)4;1-2(3)4/h5-7H,8H2,1-4H3;1H3,(H,3,4). The number of hydrogen-bond donors (Lipinski definition) is 1. The minimum Gasteiger partial charge on any atom is -0.550 e. The number of ether oxygens (including phenoxy) is 2. The summed E-state index contributed by atoms with van der Waals surface area (Å²) < 4.78 is 10.5. The number of hydrogen-bond acceptors (Lipinski definition) is 4. The quantitative estimate of drug-likeness (QED) is 0.606. The van der Waals surface area contributed by atoms with E-state index in [0.717, 1.165) is 6.92 Å². The van der Waals surface area contributed by atoms with E-state index < -0.39 is 5.97 Å². The molecule has 86 valence electrons. The normalized spacial score (nSPS) is 10.4. The first kappa shape index (κ1) is 15.8. The molecule has 0 fully saturated rings. The lowest BCUT2D eigenvalue weighted by molar-refractivity contribution is -0.572. The Hall–Kier alpha value is -0.650. The third kappa shape index (κ3) is 22.5. The largest absolute Gasteiger partial charge is 0.550 e. The first-order valence-electron chi connectivity index (χ1n) is 4.57. The van der Waals surface area contributed by atoms with Crippen LogP contribution in [0.3, 0.4) is 0 Å². The summed E-state index contributed by atoms with van der Waals surface area (Å²) in [6.07, 6.45) is 0.0301. The van der Waals surface area contributed by atoms with E-state index in [1.54, 1.807) is 0 Å². The minimum atomic E-state index is -1.08. The van der Waals surface area contributed by atoms with Crippen LogP contribution < -0.4 is 10.8 Å². The summed E-state index contributed by atoms with van der Waals surface area (Å²) in [5.74, 6) is -1.08. The van der Waals surface area contributed by atoms with Crippen LogP contribution in [-0.4, -0.2) is 24.6 Å². The highest BCUT2D eigenvalue weighted by Gasteiger charge is 2.09. The Morgan fingerprint density at radius 3 is 1.50 bits per heavy atom.